The van der Waals surface area contributed by atoms with Crippen molar-refractivity contribution in [1.82, 2.24) is 0 Å². The van der Waals surface area contributed by atoms with Crippen LogP contribution in [-0.4, -0.2) is 11.7 Å². The molecule has 4 heteroatoms. The molecule has 0 radical (unpaired) electrons. The molecule has 0 saturated carbocycles. The molecule has 1 nitrogen and oxygen atoms in total. The van der Waals surface area contributed by atoms with Gasteiger partial charge in [0.05, 0.1) is 0 Å². The van der Waals surface area contributed by atoms with Gasteiger partial charge in [-0.2, -0.15) is 0 Å². The number of hydrogen-bond donors (Lipinski definition) is 1. The van der Waals surface area contributed by atoms with Crippen LogP contribution in [0.4, 0.5) is 13.2 Å². The molecule has 1 aromatic carbocycles. The molecule has 0 amide bonds. The molecule has 0 saturated heterocycles. The highest BCUT2D eigenvalue weighted by atomic mass is 19.2. The maximum Gasteiger partial charge on any atom is 0.194 e. The van der Waals surface area contributed by atoms with E-state index in [4.69, 9.17) is 5.11 Å². The molecule has 0 atom stereocenters. The zero-order valence-corrected chi connectivity index (χ0v) is 7.86. The van der Waals surface area contributed by atoms with E-state index in [1.165, 1.54) is 0 Å². The first-order chi connectivity index (χ1) is 7.15. The molecule has 0 fully saturated rings. The Morgan fingerprint density at radius 3 is 2.27 bits per heavy atom. The van der Waals surface area contributed by atoms with Crippen LogP contribution in [0, 0.1) is 29.3 Å². The number of rotatable bonds is 2. The third-order valence-electron chi connectivity index (χ3n) is 1.68. The number of hydrogen-bond acceptors (Lipinski definition) is 1. The van der Waals surface area contributed by atoms with Crippen molar-refractivity contribution in [2.75, 3.05) is 6.61 Å². The van der Waals surface area contributed by atoms with Crippen LogP contribution in [0.5, 0.6) is 0 Å². The Labute approximate surface area is 85.5 Å². The largest absolute Gasteiger partial charge is 0.396 e. The summed E-state index contributed by atoms with van der Waals surface area (Å²) in [5.74, 6) is 1.10. The molecule has 0 aliphatic rings. The Kier molecular flexibility index (Phi) is 4.19. The first-order valence-electron chi connectivity index (χ1n) is 4.39. The molecule has 1 N–H and O–H groups in total. The summed E-state index contributed by atoms with van der Waals surface area (Å²) in [7, 11) is 0. The van der Waals surface area contributed by atoms with E-state index >= 15 is 0 Å². The van der Waals surface area contributed by atoms with Gasteiger partial charge >= 0.3 is 0 Å². The molecule has 15 heavy (non-hydrogen) atoms. The lowest BCUT2D eigenvalue weighted by Gasteiger charge is -1.95. The van der Waals surface area contributed by atoms with E-state index in [-0.39, 0.29) is 12.2 Å². The van der Waals surface area contributed by atoms with E-state index in [1.807, 2.05) is 0 Å². The van der Waals surface area contributed by atoms with Crippen molar-refractivity contribution >= 4 is 0 Å². The average molecular weight is 214 g/mol. The maximum atomic E-state index is 12.7. The minimum absolute atomic E-state index is 0.0147. The molecule has 0 bridgehead atoms. The fraction of sp³-hybridized carbons (Fsp3) is 0.273. The molecule has 0 aliphatic carbocycles. The van der Waals surface area contributed by atoms with Crippen molar-refractivity contribution in [3.05, 3.63) is 35.1 Å². The van der Waals surface area contributed by atoms with Crippen LogP contribution in [0.2, 0.25) is 0 Å². The van der Waals surface area contributed by atoms with Crippen molar-refractivity contribution in [3.8, 4) is 11.8 Å². The van der Waals surface area contributed by atoms with Crippen molar-refractivity contribution in [1.29, 1.82) is 0 Å². The van der Waals surface area contributed by atoms with Gasteiger partial charge in [-0.1, -0.05) is 11.8 Å². The third-order valence-corrected chi connectivity index (χ3v) is 1.68. The van der Waals surface area contributed by atoms with Gasteiger partial charge in [0.15, 0.2) is 17.5 Å². The first kappa shape index (κ1) is 11.6. The van der Waals surface area contributed by atoms with Crippen molar-refractivity contribution < 1.29 is 18.3 Å². The fourth-order valence-corrected chi connectivity index (χ4v) is 0.960. The highest BCUT2D eigenvalue weighted by molar-refractivity contribution is 5.35. The van der Waals surface area contributed by atoms with Crippen LogP contribution in [0.25, 0.3) is 0 Å². The summed E-state index contributed by atoms with van der Waals surface area (Å²) in [5.41, 5.74) is 0.0874. The molecule has 1 rings (SSSR count). The Morgan fingerprint density at radius 2 is 1.73 bits per heavy atom. The van der Waals surface area contributed by atoms with Crippen molar-refractivity contribution in [2.45, 2.75) is 12.8 Å². The van der Waals surface area contributed by atoms with Gasteiger partial charge in [0.2, 0.25) is 0 Å². The molecule has 0 aromatic heterocycles. The van der Waals surface area contributed by atoms with Crippen LogP contribution in [-0.2, 0) is 0 Å². The summed E-state index contributed by atoms with van der Waals surface area (Å²) in [6.45, 7) is 0.0147. The fourth-order valence-electron chi connectivity index (χ4n) is 0.960. The molecule has 80 valence electrons. The van der Waals surface area contributed by atoms with Gasteiger partial charge in [-0.15, -0.1) is 0 Å². The molecule has 1 aromatic rings. The van der Waals surface area contributed by atoms with Crippen LogP contribution >= 0.6 is 0 Å². The zero-order valence-electron chi connectivity index (χ0n) is 7.86. The maximum absolute atomic E-state index is 12.7. The highest BCUT2D eigenvalue weighted by Gasteiger charge is 2.08. The first-order valence-corrected chi connectivity index (χ1v) is 4.39. The topological polar surface area (TPSA) is 20.2 Å². The smallest absolute Gasteiger partial charge is 0.194 e. The van der Waals surface area contributed by atoms with Crippen molar-refractivity contribution in [2.24, 2.45) is 0 Å². The Balaban J connectivity index is 2.81. The summed E-state index contributed by atoms with van der Waals surface area (Å²) >= 11 is 0. The monoisotopic (exact) mass is 214 g/mol. The van der Waals surface area contributed by atoms with Gasteiger partial charge in [-0.05, 0) is 18.6 Å². The summed E-state index contributed by atoms with van der Waals surface area (Å²) < 4.78 is 37.9. The number of benzene rings is 1. The van der Waals surface area contributed by atoms with Gasteiger partial charge in [0.25, 0.3) is 0 Å². The van der Waals surface area contributed by atoms with E-state index in [9.17, 15) is 13.2 Å². The van der Waals surface area contributed by atoms with E-state index < -0.39 is 17.5 Å². The molecular formula is C11H9F3O. The number of aliphatic hydroxyl groups is 1. The van der Waals surface area contributed by atoms with E-state index in [2.05, 4.69) is 11.8 Å². The normalized spacial score (nSPS) is 9.60. The average Bonchev–Trinajstić information content (AvgIpc) is 2.21. The minimum atomic E-state index is -1.49. The lowest BCUT2D eigenvalue weighted by molar-refractivity contribution is 0.290. The highest BCUT2D eigenvalue weighted by Crippen LogP contribution is 2.12. The van der Waals surface area contributed by atoms with Gasteiger partial charge in [0, 0.05) is 18.6 Å². The zero-order chi connectivity index (χ0) is 11.3. The van der Waals surface area contributed by atoms with Gasteiger partial charge in [0.1, 0.15) is 0 Å². The minimum Gasteiger partial charge on any atom is -0.396 e. The quantitative estimate of drug-likeness (QED) is 0.454. The Bertz CT molecular complexity index is 381. The second-order valence-electron chi connectivity index (χ2n) is 2.88. The molecular weight excluding hydrogens is 205 g/mol. The van der Waals surface area contributed by atoms with Gasteiger partial charge < -0.3 is 5.11 Å². The van der Waals surface area contributed by atoms with Crippen LogP contribution in [0.1, 0.15) is 18.4 Å². The predicted octanol–water partition coefficient (Wildman–Crippen LogP) is 2.23. The summed E-state index contributed by atoms with van der Waals surface area (Å²) in [4.78, 5) is 0. The lowest BCUT2D eigenvalue weighted by atomic mass is 10.2. The van der Waals surface area contributed by atoms with Crippen LogP contribution in [0.3, 0.4) is 0 Å². The van der Waals surface area contributed by atoms with E-state index in [0.717, 1.165) is 12.1 Å². The lowest BCUT2D eigenvalue weighted by Crippen LogP contribution is -1.91. The Morgan fingerprint density at radius 1 is 1.13 bits per heavy atom. The number of halogens is 3. The molecule has 0 spiro atoms. The molecule has 0 heterocycles. The molecule has 0 aliphatic heterocycles. The van der Waals surface area contributed by atoms with E-state index in [1.54, 1.807) is 0 Å². The second-order valence-corrected chi connectivity index (χ2v) is 2.88. The standard InChI is InChI=1S/C11H9F3O/c12-9-6-8(4-2-1-3-5-15)7-10(13)11(9)14/h6-7,15H,1,3,5H2. The van der Waals surface area contributed by atoms with Crippen LogP contribution < -0.4 is 0 Å². The van der Waals surface area contributed by atoms with E-state index in [0.29, 0.717) is 12.8 Å². The van der Waals surface area contributed by atoms with Crippen LogP contribution in [0.15, 0.2) is 12.1 Å². The summed E-state index contributed by atoms with van der Waals surface area (Å²) in [6.07, 6.45) is 0.927. The van der Waals surface area contributed by atoms with Crippen molar-refractivity contribution in [3.63, 3.8) is 0 Å². The number of aliphatic hydroxyl groups excluding tert-OH is 1. The second kappa shape index (κ2) is 5.42. The summed E-state index contributed by atoms with van der Waals surface area (Å²) in [6, 6.07) is 1.68. The summed E-state index contributed by atoms with van der Waals surface area (Å²) in [5, 5.41) is 8.45. The van der Waals surface area contributed by atoms with Gasteiger partial charge in [-0.25, -0.2) is 13.2 Å². The predicted molar refractivity (Wildman–Crippen MR) is 49.5 cm³/mol. The Hall–Kier alpha value is -1.47. The molecule has 0 unspecified atom stereocenters. The SMILES string of the molecule is OCCCC#Cc1cc(F)c(F)c(F)c1. The van der Waals surface area contributed by atoms with Gasteiger partial charge in [-0.3, -0.25) is 0 Å². The third kappa shape index (κ3) is 3.30. The number of unbranched alkanes of at least 4 members (excludes halogenated alkanes) is 1.